The van der Waals surface area contributed by atoms with Gasteiger partial charge < -0.3 is 26.0 Å². The smallest absolute Gasteiger partial charge is 0.243 e. The number of epoxide rings is 1. The molecule has 0 saturated carbocycles. The fourth-order valence-electron chi connectivity index (χ4n) is 4.27. The molecule has 10 nitrogen and oxygen atoms in total. The van der Waals surface area contributed by atoms with E-state index in [1.165, 1.54) is 6.92 Å². The fourth-order valence-corrected chi connectivity index (χ4v) is 4.27. The quantitative estimate of drug-likeness (QED) is 0.173. The standard InChI is InChI=1S/C29H44N4O6/c1-7-19(4)24(33-27(37)22(30-17-34)14-13-21-11-9-8-10-12-21)28(38)31-20(5)26(36)32-23(15-18(2)3)25(35)29(6)16-39-29/h8-12,17-20,22-24H,7,13-16H2,1-6H3,(H,30,34)(H,31,38)(H,32,36)(H,33,37)/t19?,20?,22-,23?,24?,29?/m0/s1. The molecule has 4 amide bonds. The van der Waals surface area contributed by atoms with Crippen molar-refractivity contribution in [2.24, 2.45) is 11.8 Å². The third kappa shape index (κ3) is 9.76. The van der Waals surface area contributed by atoms with Crippen LogP contribution in [0.3, 0.4) is 0 Å². The van der Waals surface area contributed by atoms with Crippen molar-refractivity contribution < 1.29 is 28.7 Å². The Balaban J connectivity index is 2.04. The van der Waals surface area contributed by atoms with Gasteiger partial charge in [0.25, 0.3) is 0 Å². The largest absolute Gasteiger partial charge is 0.361 e. The number of amides is 4. The van der Waals surface area contributed by atoms with Gasteiger partial charge in [-0.15, -0.1) is 0 Å². The third-order valence-corrected chi connectivity index (χ3v) is 7.13. The Morgan fingerprint density at radius 2 is 1.59 bits per heavy atom. The predicted molar refractivity (Wildman–Crippen MR) is 147 cm³/mol. The normalized spacial score (nSPS) is 20.1. The van der Waals surface area contributed by atoms with Crippen molar-refractivity contribution in [2.75, 3.05) is 6.61 Å². The van der Waals surface area contributed by atoms with Crippen molar-refractivity contribution in [3.63, 3.8) is 0 Å². The lowest BCUT2D eigenvalue weighted by molar-refractivity contribution is -0.135. The molecule has 0 aliphatic carbocycles. The molecule has 2 rings (SSSR count). The second kappa shape index (κ2) is 14.8. The molecule has 1 aliphatic heterocycles. The fraction of sp³-hybridized carbons (Fsp3) is 0.621. The molecule has 39 heavy (non-hydrogen) atoms. The highest BCUT2D eigenvalue weighted by Gasteiger charge is 2.50. The number of carbonyl (C=O) groups is 5. The van der Waals surface area contributed by atoms with E-state index in [2.05, 4.69) is 21.3 Å². The van der Waals surface area contributed by atoms with E-state index in [-0.39, 0.29) is 17.6 Å². The minimum Gasteiger partial charge on any atom is -0.361 e. The topological polar surface area (TPSA) is 146 Å². The summed E-state index contributed by atoms with van der Waals surface area (Å²) in [4.78, 5) is 63.3. The number of carbonyl (C=O) groups excluding carboxylic acids is 5. The molecule has 10 heteroatoms. The molecule has 0 aromatic heterocycles. The molecule has 0 radical (unpaired) electrons. The van der Waals surface area contributed by atoms with Crippen LogP contribution in [0.1, 0.15) is 66.4 Å². The zero-order valence-electron chi connectivity index (χ0n) is 23.9. The molecule has 4 N–H and O–H groups in total. The van der Waals surface area contributed by atoms with E-state index in [0.717, 1.165) is 5.56 Å². The summed E-state index contributed by atoms with van der Waals surface area (Å²) in [7, 11) is 0. The first-order chi connectivity index (χ1) is 18.4. The maximum absolute atomic E-state index is 13.2. The zero-order chi connectivity index (χ0) is 29.2. The summed E-state index contributed by atoms with van der Waals surface area (Å²) in [5.74, 6) is -1.75. The Hall–Kier alpha value is -3.27. The van der Waals surface area contributed by atoms with Crippen LogP contribution in [0, 0.1) is 11.8 Å². The summed E-state index contributed by atoms with van der Waals surface area (Å²) in [6.45, 7) is 11.2. The SMILES string of the molecule is CCC(C)C(NC(=O)[C@H](CCc1ccccc1)NC=O)C(=O)NC(C)C(=O)NC(CC(C)C)C(=O)C1(C)CO1. The molecule has 1 heterocycles. The van der Waals surface area contributed by atoms with Gasteiger partial charge in [0.2, 0.25) is 24.1 Å². The lowest BCUT2D eigenvalue weighted by atomic mass is 9.93. The molecule has 1 aromatic carbocycles. The van der Waals surface area contributed by atoms with Gasteiger partial charge in [0.1, 0.15) is 23.7 Å². The van der Waals surface area contributed by atoms with Crippen LogP contribution in [0.4, 0.5) is 0 Å². The van der Waals surface area contributed by atoms with E-state index in [1.807, 2.05) is 58.0 Å². The number of nitrogens with one attached hydrogen (secondary N) is 4. The van der Waals surface area contributed by atoms with Gasteiger partial charge in [-0.05, 0) is 50.5 Å². The molecule has 6 atom stereocenters. The van der Waals surface area contributed by atoms with Crippen molar-refractivity contribution in [3.8, 4) is 0 Å². The summed E-state index contributed by atoms with van der Waals surface area (Å²) in [5, 5.41) is 10.8. The molecule has 216 valence electrons. The van der Waals surface area contributed by atoms with Crippen molar-refractivity contribution >= 4 is 29.9 Å². The molecule has 5 unspecified atom stereocenters. The van der Waals surface area contributed by atoms with Gasteiger partial charge in [-0.1, -0.05) is 64.4 Å². The summed E-state index contributed by atoms with van der Waals surface area (Å²) >= 11 is 0. The number of Topliss-reactive ketones (excluding diaryl/α,β-unsaturated/α-hetero) is 1. The monoisotopic (exact) mass is 544 g/mol. The second-order valence-corrected chi connectivity index (χ2v) is 11.0. The zero-order valence-corrected chi connectivity index (χ0v) is 23.9. The lowest BCUT2D eigenvalue weighted by Crippen LogP contribution is -2.58. The maximum atomic E-state index is 13.2. The van der Waals surface area contributed by atoms with Crippen molar-refractivity contribution in [1.29, 1.82) is 0 Å². The Morgan fingerprint density at radius 3 is 2.13 bits per heavy atom. The number of hydrogen-bond donors (Lipinski definition) is 4. The van der Waals surface area contributed by atoms with Gasteiger partial charge in [-0.2, -0.15) is 0 Å². The summed E-state index contributed by atoms with van der Waals surface area (Å²) in [5.41, 5.74) is 0.147. The van der Waals surface area contributed by atoms with Gasteiger partial charge >= 0.3 is 0 Å². The van der Waals surface area contributed by atoms with Crippen molar-refractivity contribution in [3.05, 3.63) is 35.9 Å². The highest BCUT2D eigenvalue weighted by Crippen LogP contribution is 2.29. The molecular formula is C29H44N4O6. The van der Waals surface area contributed by atoms with E-state index >= 15 is 0 Å². The molecule has 1 fully saturated rings. The molecule has 1 aliphatic rings. The van der Waals surface area contributed by atoms with Crippen molar-refractivity contribution in [2.45, 2.75) is 97.0 Å². The van der Waals surface area contributed by atoms with Gasteiger partial charge in [-0.25, -0.2) is 0 Å². The molecular weight excluding hydrogens is 500 g/mol. The van der Waals surface area contributed by atoms with Crippen LogP contribution in [-0.2, 0) is 35.1 Å². The van der Waals surface area contributed by atoms with Crippen LogP contribution >= 0.6 is 0 Å². The minimum absolute atomic E-state index is 0.159. The number of hydrogen-bond acceptors (Lipinski definition) is 6. The predicted octanol–water partition coefficient (Wildman–Crippen LogP) is 1.66. The van der Waals surface area contributed by atoms with Crippen molar-refractivity contribution in [1.82, 2.24) is 21.3 Å². The van der Waals surface area contributed by atoms with E-state index in [1.54, 1.807) is 6.92 Å². The number of aryl methyl sites for hydroxylation is 1. The van der Waals surface area contributed by atoms with Gasteiger partial charge in [-0.3, -0.25) is 24.0 Å². The first-order valence-corrected chi connectivity index (χ1v) is 13.7. The lowest BCUT2D eigenvalue weighted by Gasteiger charge is -2.28. The second-order valence-electron chi connectivity index (χ2n) is 11.0. The summed E-state index contributed by atoms with van der Waals surface area (Å²) in [6.07, 6.45) is 2.44. The van der Waals surface area contributed by atoms with Gasteiger partial charge in [0, 0.05) is 0 Å². The van der Waals surface area contributed by atoms with Crippen LogP contribution in [-0.4, -0.2) is 66.3 Å². The van der Waals surface area contributed by atoms with Crippen LogP contribution in [0.15, 0.2) is 30.3 Å². The number of ketones is 1. The number of ether oxygens (including phenoxy) is 1. The maximum Gasteiger partial charge on any atom is 0.243 e. The average molecular weight is 545 g/mol. The van der Waals surface area contributed by atoms with Crippen LogP contribution in [0.2, 0.25) is 0 Å². The van der Waals surface area contributed by atoms with E-state index in [9.17, 15) is 24.0 Å². The van der Waals surface area contributed by atoms with E-state index in [4.69, 9.17) is 4.74 Å². The first-order valence-electron chi connectivity index (χ1n) is 13.7. The van der Waals surface area contributed by atoms with E-state index < -0.39 is 47.5 Å². The molecule has 0 bridgehead atoms. The molecule has 0 spiro atoms. The van der Waals surface area contributed by atoms with Crippen LogP contribution in [0.25, 0.3) is 0 Å². The molecule has 1 aromatic rings. The van der Waals surface area contributed by atoms with E-state index in [0.29, 0.717) is 38.7 Å². The highest BCUT2D eigenvalue weighted by molar-refractivity contribution is 5.98. The van der Waals surface area contributed by atoms with Gasteiger partial charge in [0.05, 0.1) is 12.6 Å². The Kier molecular flexibility index (Phi) is 12.1. The third-order valence-electron chi connectivity index (χ3n) is 7.13. The van der Waals surface area contributed by atoms with Gasteiger partial charge in [0.15, 0.2) is 5.78 Å². The minimum atomic E-state index is -0.946. The summed E-state index contributed by atoms with van der Waals surface area (Å²) in [6, 6.07) is 6.17. The number of benzene rings is 1. The Labute approximate surface area is 231 Å². The Morgan fingerprint density at radius 1 is 0.949 bits per heavy atom. The first kappa shape index (κ1) is 31.9. The highest BCUT2D eigenvalue weighted by atomic mass is 16.6. The summed E-state index contributed by atoms with van der Waals surface area (Å²) < 4.78 is 5.28. The molecule has 1 saturated heterocycles. The number of rotatable bonds is 17. The van der Waals surface area contributed by atoms with Crippen LogP contribution in [0.5, 0.6) is 0 Å². The Bertz CT molecular complexity index is 995. The van der Waals surface area contributed by atoms with Crippen LogP contribution < -0.4 is 21.3 Å². The average Bonchev–Trinajstić information content (AvgIpc) is 3.66.